The predicted molar refractivity (Wildman–Crippen MR) is 73.5 cm³/mol. The van der Waals surface area contributed by atoms with Gasteiger partial charge in [-0.05, 0) is 17.9 Å². The Labute approximate surface area is 114 Å². The molecule has 1 aliphatic rings. The molecule has 100 valence electrons. The predicted octanol–water partition coefficient (Wildman–Crippen LogP) is 1.50. The molecule has 0 aliphatic carbocycles. The van der Waals surface area contributed by atoms with E-state index in [0.29, 0.717) is 12.5 Å². The van der Waals surface area contributed by atoms with E-state index >= 15 is 0 Å². The van der Waals surface area contributed by atoms with Crippen LogP contribution in [0.1, 0.15) is 24.8 Å². The number of piperidine rings is 1. The molecule has 1 fully saturated rings. The summed E-state index contributed by atoms with van der Waals surface area (Å²) in [4.78, 5) is 13.3. The molecular formula is C15H19N3O. The van der Waals surface area contributed by atoms with Crippen molar-refractivity contribution in [2.24, 2.45) is 0 Å². The van der Waals surface area contributed by atoms with Crippen molar-refractivity contribution in [3.63, 3.8) is 0 Å². The number of hydrogen-bond acceptors (Lipinski definition) is 3. The number of hydrogen-bond donors (Lipinski definition) is 1. The van der Waals surface area contributed by atoms with Gasteiger partial charge in [0.15, 0.2) is 0 Å². The third-order valence-corrected chi connectivity index (χ3v) is 3.50. The summed E-state index contributed by atoms with van der Waals surface area (Å²) >= 11 is 0. The number of benzene rings is 1. The number of carbonyl (C=O) groups excluding carboxylic acids is 1. The van der Waals surface area contributed by atoms with Crippen molar-refractivity contribution in [3.05, 3.63) is 35.9 Å². The van der Waals surface area contributed by atoms with Crippen LogP contribution in [0, 0.1) is 11.3 Å². The van der Waals surface area contributed by atoms with Gasteiger partial charge in [0.25, 0.3) is 0 Å². The van der Waals surface area contributed by atoms with Crippen molar-refractivity contribution in [1.29, 1.82) is 5.26 Å². The zero-order valence-corrected chi connectivity index (χ0v) is 11.2. The lowest BCUT2D eigenvalue weighted by atomic mass is 9.88. The molecule has 1 aromatic carbocycles. The van der Waals surface area contributed by atoms with E-state index in [-0.39, 0.29) is 11.9 Å². The van der Waals surface area contributed by atoms with Gasteiger partial charge in [0.2, 0.25) is 5.91 Å². The first kappa shape index (κ1) is 13.6. The van der Waals surface area contributed by atoms with Crippen molar-refractivity contribution >= 4 is 5.91 Å². The maximum atomic E-state index is 11.2. The fourth-order valence-electron chi connectivity index (χ4n) is 2.78. The van der Waals surface area contributed by atoms with Crippen LogP contribution in [-0.4, -0.2) is 36.5 Å². The maximum absolute atomic E-state index is 11.2. The monoisotopic (exact) mass is 257 g/mol. The third-order valence-electron chi connectivity index (χ3n) is 3.50. The van der Waals surface area contributed by atoms with Crippen LogP contribution in [0.15, 0.2) is 30.3 Å². The minimum atomic E-state index is -0.00406. The Bertz CT molecular complexity index is 466. The molecule has 0 radical (unpaired) electrons. The number of likely N-dealkylation sites (tertiary alicyclic amines) is 1. The van der Waals surface area contributed by atoms with Crippen molar-refractivity contribution in [2.75, 3.05) is 19.6 Å². The number of amides is 1. The van der Waals surface area contributed by atoms with Crippen LogP contribution in [0.3, 0.4) is 0 Å². The zero-order valence-electron chi connectivity index (χ0n) is 11.2. The van der Waals surface area contributed by atoms with Gasteiger partial charge in [-0.1, -0.05) is 30.3 Å². The number of nitrogens with zero attached hydrogens (tertiary/aromatic N) is 2. The molecule has 0 spiro atoms. The van der Waals surface area contributed by atoms with Gasteiger partial charge < -0.3 is 5.32 Å². The van der Waals surface area contributed by atoms with Crippen LogP contribution >= 0.6 is 0 Å². The summed E-state index contributed by atoms with van der Waals surface area (Å²) < 4.78 is 0. The van der Waals surface area contributed by atoms with Crippen LogP contribution in [-0.2, 0) is 4.79 Å². The Balaban J connectivity index is 2.10. The highest BCUT2D eigenvalue weighted by molar-refractivity contribution is 5.73. The normalized spacial score (nSPS) is 23.6. The van der Waals surface area contributed by atoms with Gasteiger partial charge in [-0.25, -0.2) is 0 Å². The Morgan fingerprint density at radius 1 is 1.42 bits per heavy atom. The first-order valence-corrected chi connectivity index (χ1v) is 6.60. The van der Waals surface area contributed by atoms with Gasteiger partial charge in [0, 0.05) is 26.1 Å². The third kappa shape index (κ3) is 3.80. The number of rotatable bonds is 3. The zero-order chi connectivity index (χ0) is 13.7. The summed E-state index contributed by atoms with van der Waals surface area (Å²) in [5.41, 5.74) is 1.28. The topological polar surface area (TPSA) is 56.1 Å². The SMILES string of the molecule is CC(=O)NC1CC(c2ccccc2)CN(CC#N)C1. The molecule has 19 heavy (non-hydrogen) atoms. The van der Waals surface area contributed by atoms with Gasteiger partial charge in [-0.3, -0.25) is 9.69 Å². The molecule has 0 bridgehead atoms. The van der Waals surface area contributed by atoms with Gasteiger partial charge in [-0.15, -0.1) is 0 Å². The number of nitriles is 1. The van der Waals surface area contributed by atoms with Crippen molar-refractivity contribution < 1.29 is 4.79 Å². The van der Waals surface area contributed by atoms with Gasteiger partial charge in [-0.2, -0.15) is 5.26 Å². The van der Waals surface area contributed by atoms with Crippen LogP contribution in [0.2, 0.25) is 0 Å². The molecule has 1 heterocycles. The largest absolute Gasteiger partial charge is 0.352 e. The quantitative estimate of drug-likeness (QED) is 0.835. The van der Waals surface area contributed by atoms with Crippen molar-refractivity contribution in [2.45, 2.75) is 25.3 Å². The minimum Gasteiger partial charge on any atom is -0.352 e. The molecule has 0 saturated carbocycles. The van der Waals surface area contributed by atoms with E-state index in [1.54, 1.807) is 6.92 Å². The van der Waals surface area contributed by atoms with E-state index in [4.69, 9.17) is 5.26 Å². The summed E-state index contributed by atoms with van der Waals surface area (Å²) in [5.74, 6) is 0.371. The van der Waals surface area contributed by atoms with E-state index in [2.05, 4.69) is 28.4 Å². The number of nitrogens with one attached hydrogen (secondary N) is 1. The minimum absolute atomic E-state index is 0.00406. The van der Waals surface area contributed by atoms with E-state index < -0.39 is 0 Å². The first-order chi connectivity index (χ1) is 9.19. The van der Waals surface area contributed by atoms with Crippen molar-refractivity contribution in [1.82, 2.24) is 10.2 Å². The smallest absolute Gasteiger partial charge is 0.217 e. The summed E-state index contributed by atoms with van der Waals surface area (Å²) in [6, 6.07) is 12.6. The lowest BCUT2D eigenvalue weighted by molar-refractivity contribution is -0.120. The molecule has 1 aliphatic heterocycles. The second-order valence-electron chi connectivity index (χ2n) is 5.09. The number of carbonyl (C=O) groups is 1. The maximum Gasteiger partial charge on any atom is 0.217 e. The molecule has 0 aromatic heterocycles. The molecule has 4 nitrogen and oxygen atoms in total. The van der Waals surface area contributed by atoms with Crippen LogP contribution < -0.4 is 5.32 Å². The fourth-order valence-corrected chi connectivity index (χ4v) is 2.78. The lowest BCUT2D eigenvalue weighted by Gasteiger charge is -2.37. The van der Waals surface area contributed by atoms with E-state index in [1.807, 2.05) is 18.2 Å². The highest BCUT2D eigenvalue weighted by atomic mass is 16.1. The molecule has 4 heteroatoms. The molecule has 2 rings (SSSR count). The summed E-state index contributed by atoms with van der Waals surface area (Å²) in [6.45, 7) is 3.60. The second-order valence-corrected chi connectivity index (χ2v) is 5.09. The lowest BCUT2D eigenvalue weighted by Crippen LogP contribution is -2.49. The molecule has 1 N–H and O–H groups in total. The average molecular weight is 257 g/mol. The summed E-state index contributed by atoms with van der Waals surface area (Å²) in [6.07, 6.45) is 0.936. The van der Waals surface area contributed by atoms with Gasteiger partial charge >= 0.3 is 0 Å². The molecule has 1 aromatic rings. The second kappa shape index (κ2) is 6.35. The Kier molecular flexibility index (Phi) is 4.53. The Morgan fingerprint density at radius 3 is 2.79 bits per heavy atom. The molecule has 1 saturated heterocycles. The Hall–Kier alpha value is -1.86. The van der Waals surface area contributed by atoms with E-state index in [1.165, 1.54) is 5.56 Å². The van der Waals surface area contributed by atoms with Crippen molar-refractivity contribution in [3.8, 4) is 6.07 Å². The summed E-state index contributed by atoms with van der Waals surface area (Å²) in [7, 11) is 0. The van der Waals surface area contributed by atoms with Gasteiger partial charge in [0.05, 0.1) is 12.6 Å². The molecule has 2 unspecified atom stereocenters. The Morgan fingerprint density at radius 2 is 2.16 bits per heavy atom. The van der Waals surface area contributed by atoms with Crippen LogP contribution in [0.4, 0.5) is 0 Å². The van der Waals surface area contributed by atoms with E-state index in [9.17, 15) is 4.79 Å². The molecule has 1 amide bonds. The fraction of sp³-hybridized carbons (Fsp3) is 0.467. The molecular weight excluding hydrogens is 238 g/mol. The van der Waals surface area contributed by atoms with Crippen LogP contribution in [0.5, 0.6) is 0 Å². The highest BCUT2D eigenvalue weighted by Crippen LogP contribution is 2.26. The summed E-state index contributed by atoms with van der Waals surface area (Å²) in [5, 5.41) is 11.8. The van der Waals surface area contributed by atoms with E-state index in [0.717, 1.165) is 19.5 Å². The molecule has 2 atom stereocenters. The van der Waals surface area contributed by atoms with Gasteiger partial charge in [0.1, 0.15) is 0 Å². The average Bonchev–Trinajstić information content (AvgIpc) is 2.39. The van der Waals surface area contributed by atoms with Crippen LogP contribution in [0.25, 0.3) is 0 Å². The standard InChI is InChI=1S/C15H19N3O/c1-12(19)17-15-9-14(10-18(11-15)8-7-16)13-5-3-2-4-6-13/h2-6,14-15H,8-11H2,1H3,(H,17,19). The first-order valence-electron chi connectivity index (χ1n) is 6.60. The highest BCUT2D eigenvalue weighted by Gasteiger charge is 2.28.